The number of aryl methyl sites for hydroxylation is 1. The predicted octanol–water partition coefficient (Wildman–Crippen LogP) is 3.23. The molecule has 1 N–H and O–H groups in total. The van der Waals surface area contributed by atoms with Gasteiger partial charge in [0.15, 0.2) is 5.96 Å². The van der Waals surface area contributed by atoms with Crippen LogP contribution in [-0.4, -0.2) is 61.6 Å². The predicted molar refractivity (Wildman–Crippen MR) is 109 cm³/mol. The van der Waals surface area contributed by atoms with Crippen LogP contribution in [0.2, 0.25) is 0 Å². The zero-order chi connectivity index (χ0) is 17.9. The summed E-state index contributed by atoms with van der Waals surface area (Å²) in [7, 11) is 1.94. The number of benzene rings is 1. The SMILES string of the molecule is CN=C(NC1CC1c1ccccc1C)N1CCC(CN2CCCCC2)C1. The molecule has 0 bridgehead atoms. The maximum atomic E-state index is 4.60. The zero-order valence-corrected chi connectivity index (χ0v) is 16.5. The molecule has 0 radical (unpaired) electrons. The molecule has 3 aliphatic rings. The molecule has 1 saturated carbocycles. The van der Waals surface area contributed by atoms with Crippen LogP contribution in [0, 0.1) is 12.8 Å². The van der Waals surface area contributed by atoms with Crippen molar-refractivity contribution < 1.29 is 0 Å². The highest BCUT2D eigenvalue weighted by atomic mass is 15.3. The van der Waals surface area contributed by atoms with Crippen molar-refractivity contribution in [3.8, 4) is 0 Å². The number of hydrogen-bond donors (Lipinski definition) is 1. The lowest BCUT2D eigenvalue weighted by Gasteiger charge is -2.29. The summed E-state index contributed by atoms with van der Waals surface area (Å²) >= 11 is 0. The molecule has 2 saturated heterocycles. The number of rotatable bonds is 4. The molecule has 4 heteroatoms. The van der Waals surface area contributed by atoms with E-state index in [0.29, 0.717) is 12.0 Å². The first kappa shape index (κ1) is 17.8. The van der Waals surface area contributed by atoms with Crippen molar-refractivity contribution in [3.63, 3.8) is 0 Å². The third kappa shape index (κ3) is 4.06. The van der Waals surface area contributed by atoms with Gasteiger partial charge in [0.05, 0.1) is 0 Å². The topological polar surface area (TPSA) is 30.9 Å². The minimum Gasteiger partial charge on any atom is -0.353 e. The third-order valence-electron chi connectivity index (χ3n) is 6.46. The van der Waals surface area contributed by atoms with Crippen molar-refractivity contribution in [1.82, 2.24) is 15.1 Å². The number of aliphatic imine (C=N–C) groups is 1. The quantitative estimate of drug-likeness (QED) is 0.665. The van der Waals surface area contributed by atoms with Crippen LogP contribution in [-0.2, 0) is 0 Å². The van der Waals surface area contributed by atoms with Gasteiger partial charge in [0.2, 0.25) is 0 Å². The van der Waals surface area contributed by atoms with Crippen molar-refractivity contribution in [2.45, 2.75) is 51.0 Å². The fourth-order valence-electron chi connectivity index (χ4n) is 4.85. The van der Waals surface area contributed by atoms with Crippen molar-refractivity contribution >= 4 is 5.96 Å². The first-order valence-corrected chi connectivity index (χ1v) is 10.5. The van der Waals surface area contributed by atoms with Gasteiger partial charge in [0.1, 0.15) is 0 Å². The number of guanidine groups is 1. The van der Waals surface area contributed by atoms with Gasteiger partial charge in [-0.25, -0.2) is 0 Å². The number of nitrogens with zero attached hydrogens (tertiary/aromatic N) is 3. The minimum atomic E-state index is 0.552. The lowest BCUT2D eigenvalue weighted by Crippen LogP contribution is -2.42. The van der Waals surface area contributed by atoms with E-state index in [1.165, 1.54) is 62.9 Å². The van der Waals surface area contributed by atoms with E-state index < -0.39 is 0 Å². The standard InChI is InChI=1S/C22H34N4/c1-17-8-4-5-9-19(17)20-14-21(20)24-22(23-2)26-13-10-18(16-26)15-25-11-6-3-7-12-25/h4-5,8-9,18,20-21H,3,6-7,10-16H2,1-2H3,(H,23,24). The van der Waals surface area contributed by atoms with Gasteiger partial charge >= 0.3 is 0 Å². The second-order valence-electron chi connectivity index (χ2n) is 8.46. The Bertz CT molecular complexity index is 635. The van der Waals surface area contributed by atoms with Gasteiger partial charge in [-0.3, -0.25) is 4.99 Å². The Kier molecular flexibility index (Phi) is 5.49. The Labute approximate surface area is 158 Å². The molecule has 1 aliphatic carbocycles. The summed E-state index contributed by atoms with van der Waals surface area (Å²) in [6.45, 7) is 8.44. The van der Waals surface area contributed by atoms with E-state index in [1.54, 1.807) is 0 Å². The Morgan fingerprint density at radius 2 is 1.96 bits per heavy atom. The summed E-state index contributed by atoms with van der Waals surface area (Å²) < 4.78 is 0. The highest BCUT2D eigenvalue weighted by molar-refractivity contribution is 5.81. The van der Waals surface area contributed by atoms with Crippen LogP contribution >= 0.6 is 0 Å². The van der Waals surface area contributed by atoms with Crippen LogP contribution in [0.25, 0.3) is 0 Å². The summed E-state index contributed by atoms with van der Waals surface area (Å²) in [5.74, 6) is 2.57. The van der Waals surface area contributed by atoms with Gasteiger partial charge < -0.3 is 15.1 Å². The second kappa shape index (κ2) is 7.99. The van der Waals surface area contributed by atoms with E-state index in [1.807, 2.05) is 7.05 Å². The number of nitrogens with one attached hydrogen (secondary N) is 1. The fourth-order valence-corrected chi connectivity index (χ4v) is 4.85. The largest absolute Gasteiger partial charge is 0.353 e. The summed E-state index contributed by atoms with van der Waals surface area (Å²) in [4.78, 5) is 9.77. The molecule has 3 fully saturated rings. The summed E-state index contributed by atoms with van der Waals surface area (Å²) in [6.07, 6.45) is 6.74. The van der Waals surface area contributed by atoms with Crippen LogP contribution in [0.3, 0.4) is 0 Å². The maximum absolute atomic E-state index is 4.60. The van der Waals surface area contributed by atoms with Crippen molar-refractivity contribution in [1.29, 1.82) is 0 Å². The molecule has 142 valence electrons. The minimum absolute atomic E-state index is 0.552. The molecule has 0 spiro atoms. The Morgan fingerprint density at radius 1 is 1.15 bits per heavy atom. The number of likely N-dealkylation sites (tertiary alicyclic amines) is 2. The lowest BCUT2D eigenvalue weighted by atomic mass is 10.0. The van der Waals surface area contributed by atoms with Gasteiger partial charge in [-0.2, -0.15) is 0 Å². The molecule has 0 amide bonds. The molecule has 3 unspecified atom stereocenters. The van der Waals surface area contributed by atoms with Crippen LogP contribution < -0.4 is 5.32 Å². The Morgan fingerprint density at radius 3 is 2.73 bits per heavy atom. The Balaban J connectivity index is 1.28. The van der Waals surface area contributed by atoms with Crippen LogP contribution in [0.4, 0.5) is 0 Å². The molecule has 4 nitrogen and oxygen atoms in total. The molecular formula is C22H34N4. The molecule has 2 aliphatic heterocycles. The second-order valence-corrected chi connectivity index (χ2v) is 8.46. The zero-order valence-electron chi connectivity index (χ0n) is 16.5. The van der Waals surface area contributed by atoms with E-state index in [2.05, 4.69) is 51.3 Å². The fraction of sp³-hybridized carbons (Fsp3) is 0.682. The smallest absolute Gasteiger partial charge is 0.193 e. The van der Waals surface area contributed by atoms with Crippen LogP contribution in [0.5, 0.6) is 0 Å². The van der Waals surface area contributed by atoms with Gasteiger partial charge in [-0.15, -0.1) is 0 Å². The molecule has 0 aromatic heterocycles. The monoisotopic (exact) mass is 354 g/mol. The number of piperidine rings is 1. The Hall–Kier alpha value is -1.55. The van der Waals surface area contributed by atoms with Gasteiger partial charge in [0.25, 0.3) is 0 Å². The average molecular weight is 355 g/mol. The third-order valence-corrected chi connectivity index (χ3v) is 6.46. The van der Waals surface area contributed by atoms with E-state index >= 15 is 0 Å². The summed E-state index contributed by atoms with van der Waals surface area (Å²) in [5, 5.41) is 3.74. The van der Waals surface area contributed by atoms with E-state index in [9.17, 15) is 0 Å². The molecule has 2 heterocycles. The summed E-state index contributed by atoms with van der Waals surface area (Å²) in [6, 6.07) is 9.36. The van der Waals surface area contributed by atoms with Gasteiger partial charge in [-0.05, 0) is 62.7 Å². The van der Waals surface area contributed by atoms with Crippen LogP contribution in [0.15, 0.2) is 29.3 Å². The molecule has 26 heavy (non-hydrogen) atoms. The van der Waals surface area contributed by atoms with E-state index in [4.69, 9.17) is 0 Å². The molecule has 3 atom stereocenters. The molecule has 1 aromatic carbocycles. The normalized spacial score (nSPS) is 29.8. The first-order chi connectivity index (χ1) is 12.7. The van der Waals surface area contributed by atoms with Crippen molar-refractivity contribution in [2.24, 2.45) is 10.9 Å². The molecular weight excluding hydrogens is 320 g/mol. The lowest BCUT2D eigenvalue weighted by molar-refractivity contribution is 0.198. The number of hydrogen-bond acceptors (Lipinski definition) is 2. The van der Waals surface area contributed by atoms with Crippen molar-refractivity contribution in [2.75, 3.05) is 39.8 Å². The van der Waals surface area contributed by atoms with E-state index in [0.717, 1.165) is 25.0 Å². The van der Waals surface area contributed by atoms with E-state index in [-0.39, 0.29) is 0 Å². The van der Waals surface area contributed by atoms with Gasteiger partial charge in [0, 0.05) is 38.6 Å². The molecule has 4 rings (SSSR count). The van der Waals surface area contributed by atoms with Gasteiger partial charge in [-0.1, -0.05) is 30.7 Å². The highest BCUT2D eigenvalue weighted by Crippen LogP contribution is 2.42. The van der Waals surface area contributed by atoms with Crippen LogP contribution in [0.1, 0.15) is 49.1 Å². The first-order valence-electron chi connectivity index (χ1n) is 10.5. The summed E-state index contributed by atoms with van der Waals surface area (Å²) in [5.41, 5.74) is 2.92. The van der Waals surface area contributed by atoms with Crippen molar-refractivity contribution in [3.05, 3.63) is 35.4 Å². The average Bonchev–Trinajstić information content (AvgIpc) is 3.28. The highest BCUT2D eigenvalue weighted by Gasteiger charge is 2.40. The molecule has 1 aromatic rings. The maximum Gasteiger partial charge on any atom is 0.193 e.